The Morgan fingerprint density at radius 1 is 1.41 bits per heavy atom. The molecular formula is C13H18Cl2N2. The summed E-state index contributed by atoms with van der Waals surface area (Å²) in [5, 5.41) is 5.20. The van der Waals surface area contributed by atoms with Crippen LogP contribution >= 0.6 is 23.2 Å². The third-order valence-corrected chi connectivity index (χ3v) is 3.72. The van der Waals surface area contributed by atoms with Crippen molar-refractivity contribution in [2.24, 2.45) is 0 Å². The fraction of sp³-hybridized carbons (Fsp3) is 0.615. The zero-order chi connectivity index (χ0) is 12.4. The minimum atomic E-state index is 0.124. The lowest BCUT2D eigenvalue weighted by Crippen LogP contribution is -2.07. The second-order valence-corrected chi connectivity index (χ2v) is 5.80. The van der Waals surface area contributed by atoms with E-state index in [1.807, 2.05) is 4.68 Å². The van der Waals surface area contributed by atoms with E-state index in [4.69, 9.17) is 23.2 Å². The smallest absolute Gasteiger partial charge is 0.0862 e. The molecule has 0 bridgehead atoms. The summed E-state index contributed by atoms with van der Waals surface area (Å²) in [5.41, 5.74) is 2.30. The van der Waals surface area contributed by atoms with E-state index in [1.54, 1.807) is 6.20 Å². The molecule has 0 fully saturated rings. The Labute approximate surface area is 113 Å². The lowest BCUT2D eigenvalue weighted by molar-refractivity contribution is 0.525. The molecule has 2 rings (SSSR count). The first-order chi connectivity index (χ1) is 8.09. The predicted octanol–water partition coefficient (Wildman–Crippen LogP) is 4.68. The Morgan fingerprint density at radius 2 is 2.18 bits per heavy atom. The summed E-state index contributed by atoms with van der Waals surface area (Å²) in [5.74, 6) is 0. The monoisotopic (exact) mass is 272 g/mol. The minimum absolute atomic E-state index is 0.124. The maximum absolute atomic E-state index is 6.27. The Balaban J connectivity index is 2.41. The zero-order valence-corrected chi connectivity index (χ0v) is 11.8. The maximum atomic E-state index is 6.27. The van der Waals surface area contributed by atoms with Gasteiger partial charge >= 0.3 is 0 Å². The van der Waals surface area contributed by atoms with Crippen LogP contribution in [0.1, 0.15) is 51.3 Å². The molecule has 0 saturated carbocycles. The molecule has 1 aromatic heterocycles. The molecule has 0 saturated heterocycles. The highest BCUT2D eigenvalue weighted by Crippen LogP contribution is 2.33. The molecule has 1 heterocycles. The molecule has 1 aliphatic rings. The van der Waals surface area contributed by atoms with Gasteiger partial charge in [-0.1, -0.05) is 24.1 Å². The Bertz CT molecular complexity index is 421. The van der Waals surface area contributed by atoms with Gasteiger partial charge in [-0.05, 0) is 38.7 Å². The molecule has 0 amide bonds. The first-order valence-electron chi connectivity index (χ1n) is 6.17. The van der Waals surface area contributed by atoms with Gasteiger partial charge in [0.1, 0.15) is 0 Å². The van der Waals surface area contributed by atoms with Gasteiger partial charge in [0, 0.05) is 6.04 Å². The highest BCUT2D eigenvalue weighted by molar-refractivity contribution is 6.32. The third-order valence-electron chi connectivity index (χ3n) is 3.10. The Kier molecular flexibility index (Phi) is 4.16. The highest BCUT2D eigenvalue weighted by Gasteiger charge is 2.18. The average Bonchev–Trinajstić information content (AvgIpc) is 2.52. The second-order valence-electron chi connectivity index (χ2n) is 4.83. The highest BCUT2D eigenvalue weighted by atomic mass is 35.5. The van der Waals surface area contributed by atoms with Crippen LogP contribution in [0.5, 0.6) is 0 Å². The molecule has 0 aliphatic heterocycles. The number of allylic oxidation sites excluding steroid dienone is 2. The van der Waals surface area contributed by atoms with Crippen molar-refractivity contribution in [3.8, 4) is 0 Å². The van der Waals surface area contributed by atoms with E-state index < -0.39 is 0 Å². The molecule has 1 aliphatic carbocycles. The summed E-state index contributed by atoms with van der Waals surface area (Å²) in [4.78, 5) is 0. The quantitative estimate of drug-likeness (QED) is 0.715. The molecule has 0 N–H and O–H groups in total. The lowest BCUT2D eigenvalue weighted by Gasteiger charge is -2.14. The van der Waals surface area contributed by atoms with E-state index in [0.717, 1.165) is 23.6 Å². The lowest BCUT2D eigenvalue weighted by atomic mass is 10.1. The zero-order valence-electron chi connectivity index (χ0n) is 10.3. The Hall–Kier alpha value is -0.470. The summed E-state index contributed by atoms with van der Waals surface area (Å²) in [6.45, 7) is 4.23. The van der Waals surface area contributed by atoms with Crippen LogP contribution in [-0.4, -0.2) is 15.2 Å². The summed E-state index contributed by atoms with van der Waals surface area (Å²) < 4.78 is 1.99. The van der Waals surface area contributed by atoms with Crippen molar-refractivity contribution in [1.82, 2.24) is 9.78 Å². The molecule has 0 radical (unpaired) electrons. The second kappa shape index (κ2) is 5.45. The van der Waals surface area contributed by atoms with Crippen molar-refractivity contribution < 1.29 is 0 Å². The van der Waals surface area contributed by atoms with E-state index >= 15 is 0 Å². The van der Waals surface area contributed by atoms with Crippen LogP contribution in [0.2, 0.25) is 5.02 Å². The van der Waals surface area contributed by atoms with Crippen molar-refractivity contribution in [1.29, 1.82) is 0 Å². The topological polar surface area (TPSA) is 17.8 Å². The van der Waals surface area contributed by atoms with Gasteiger partial charge in [0.25, 0.3) is 0 Å². The summed E-state index contributed by atoms with van der Waals surface area (Å²) in [6, 6.07) is 0.315. The van der Waals surface area contributed by atoms with Crippen molar-refractivity contribution >= 4 is 28.8 Å². The predicted molar refractivity (Wildman–Crippen MR) is 73.7 cm³/mol. The average molecular weight is 273 g/mol. The van der Waals surface area contributed by atoms with E-state index in [0.29, 0.717) is 6.04 Å². The SMILES string of the molecule is CC(C)n1ncc(Cl)c1C1=CC(Cl)CCCC1. The number of nitrogens with zero attached hydrogens (tertiary/aromatic N) is 2. The number of hydrogen-bond acceptors (Lipinski definition) is 1. The summed E-state index contributed by atoms with van der Waals surface area (Å²) >= 11 is 12.5. The van der Waals surface area contributed by atoms with Gasteiger partial charge in [-0.2, -0.15) is 5.10 Å². The maximum Gasteiger partial charge on any atom is 0.0862 e. The third kappa shape index (κ3) is 2.86. The van der Waals surface area contributed by atoms with E-state index in [9.17, 15) is 0 Å². The van der Waals surface area contributed by atoms with Gasteiger partial charge in [-0.25, -0.2) is 0 Å². The number of aromatic nitrogens is 2. The van der Waals surface area contributed by atoms with Crippen LogP contribution < -0.4 is 0 Å². The first kappa shape index (κ1) is 13.0. The van der Waals surface area contributed by atoms with Crippen molar-refractivity contribution in [3.63, 3.8) is 0 Å². The van der Waals surface area contributed by atoms with E-state index in [2.05, 4.69) is 25.0 Å². The molecule has 94 valence electrons. The van der Waals surface area contributed by atoms with E-state index in [1.165, 1.54) is 18.4 Å². The molecule has 0 aromatic carbocycles. The van der Waals surface area contributed by atoms with Gasteiger partial charge in [-0.15, -0.1) is 11.6 Å². The van der Waals surface area contributed by atoms with Gasteiger partial charge in [-0.3, -0.25) is 4.68 Å². The number of rotatable bonds is 2. The molecule has 1 aromatic rings. The fourth-order valence-electron chi connectivity index (χ4n) is 2.27. The van der Waals surface area contributed by atoms with Gasteiger partial charge in [0.15, 0.2) is 0 Å². The van der Waals surface area contributed by atoms with Crippen LogP contribution in [0, 0.1) is 0 Å². The molecule has 17 heavy (non-hydrogen) atoms. The van der Waals surface area contributed by atoms with Gasteiger partial charge in [0.2, 0.25) is 0 Å². The van der Waals surface area contributed by atoms with Crippen LogP contribution in [0.25, 0.3) is 5.57 Å². The largest absolute Gasteiger partial charge is 0.261 e. The van der Waals surface area contributed by atoms with Gasteiger partial charge < -0.3 is 0 Å². The Morgan fingerprint density at radius 3 is 2.88 bits per heavy atom. The van der Waals surface area contributed by atoms with Crippen LogP contribution in [-0.2, 0) is 0 Å². The number of halogens is 2. The normalized spacial score (nSPS) is 21.5. The molecule has 0 spiro atoms. The van der Waals surface area contributed by atoms with Crippen LogP contribution in [0.3, 0.4) is 0 Å². The van der Waals surface area contributed by atoms with Gasteiger partial charge in [0.05, 0.1) is 22.3 Å². The van der Waals surface area contributed by atoms with Crippen molar-refractivity contribution in [2.45, 2.75) is 50.9 Å². The van der Waals surface area contributed by atoms with Crippen molar-refractivity contribution in [3.05, 3.63) is 23.0 Å². The standard InChI is InChI=1S/C13H18Cl2N2/c1-9(2)17-13(12(15)8-16-17)10-5-3-4-6-11(14)7-10/h7-9,11H,3-6H2,1-2H3. The molecule has 1 atom stereocenters. The van der Waals surface area contributed by atoms with Crippen LogP contribution in [0.4, 0.5) is 0 Å². The van der Waals surface area contributed by atoms with Crippen LogP contribution in [0.15, 0.2) is 12.3 Å². The first-order valence-corrected chi connectivity index (χ1v) is 6.99. The summed E-state index contributed by atoms with van der Waals surface area (Å²) in [7, 11) is 0. The number of hydrogen-bond donors (Lipinski definition) is 0. The fourth-order valence-corrected chi connectivity index (χ4v) is 2.83. The minimum Gasteiger partial charge on any atom is -0.261 e. The summed E-state index contributed by atoms with van der Waals surface area (Å²) in [6.07, 6.45) is 8.33. The number of alkyl halides is 1. The molecule has 4 heteroatoms. The van der Waals surface area contributed by atoms with Crippen molar-refractivity contribution in [2.75, 3.05) is 0 Å². The molecule has 1 unspecified atom stereocenters. The molecule has 2 nitrogen and oxygen atoms in total. The molecular weight excluding hydrogens is 255 g/mol. The van der Waals surface area contributed by atoms with E-state index in [-0.39, 0.29) is 5.38 Å².